The molecule has 0 saturated heterocycles. The van der Waals surface area contributed by atoms with E-state index in [1.54, 1.807) is 30.5 Å². The van der Waals surface area contributed by atoms with Crippen molar-refractivity contribution in [1.82, 2.24) is 10.3 Å². The van der Waals surface area contributed by atoms with Gasteiger partial charge in [-0.2, -0.15) is 0 Å². The van der Waals surface area contributed by atoms with Gasteiger partial charge in [0.1, 0.15) is 0 Å². The number of nitrogens with zero attached hydrogens (tertiary/aromatic N) is 1. The van der Waals surface area contributed by atoms with Crippen molar-refractivity contribution >= 4 is 38.9 Å². The molecule has 0 saturated carbocycles. The minimum Gasteiger partial charge on any atom is -0.348 e. The number of nitrogens with one attached hydrogen (secondary N) is 1. The van der Waals surface area contributed by atoms with Crippen molar-refractivity contribution in [3.63, 3.8) is 0 Å². The highest BCUT2D eigenvalue weighted by Crippen LogP contribution is 2.24. The van der Waals surface area contributed by atoms with E-state index in [1.807, 2.05) is 12.1 Å². The van der Waals surface area contributed by atoms with Crippen LogP contribution in [0.25, 0.3) is 11.1 Å². The Hall–Kier alpha value is -2.67. The Kier molecular flexibility index (Phi) is 6.37. The number of hydrogen-bond donors (Lipinski definition) is 1. The van der Waals surface area contributed by atoms with Crippen LogP contribution in [0.4, 0.5) is 0 Å². The van der Waals surface area contributed by atoms with Gasteiger partial charge >= 0.3 is 0 Å². The minimum absolute atomic E-state index is 0.0472. The van der Waals surface area contributed by atoms with Crippen LogP contribution in [0.3, 0.4) is 0 Å². The number of sulfone groups is 1. The standard InChI is InChI=1S/C21H16Cl2N2O3S/c1-2-29(27,28)19-7-6-15(20(23)10-19)13-25-21(26)17-8-16(11-24-12-17)14-4-3-5-18(22)9-14/h2-12H,1,13H2,(H,25,26). The molecule has 2 aromatic carbocycles. The summed E-state index contributed by atoms with van der Waals surface area (Å²) in [6.07, 6.45) is 3.11. The number of amides is 1. The molecule has 0 unspecified atom stereocenters. The van der Waals surface area contributed by atoms with Gasteiger partial charge in [0.05, 0.1) is 10.5 Å². The topological polar surface area (TPSA) is 76.1 Å². The lowest BCUT2D eigenvalue weighted by atomic mass is 10.1. The summed E-state index contributed by atoms with van der Waals surface area (Å²) in [6, 6.07) is 13.3. The Morgan fingerprint density at radius 1 is 1.07 bits per heavy atom. The highest BCUT2D eigenvalue weighted by molar-refractivity contribution is 7.94. The van der Waals surface area contributed by atoms with Crippen molar-refractivity contribution in [2.45, 2.75) is 11.4 Å². The lowest BCUT2D eigenvalue weighted by Gasteiger charge is -2.09. The van der Waals surface area contributed by atoms with E-state index in [9.17, 15) is 13.2 Å². The number of carbonyl (C=O) groups is 1. The van der Waals surface area contributed by atoms with Gasteiger partial charge in [0.2, 0.25) is 0 Å². The van der Waals surface area contributed by atoms with Crippen molar-refractivity contribution in [2.24, 2.45) is 0 Å². The maximum absolute atomic E-state index is 12.5. The van der Waals surface area contributed by atoms with E-state index in [1.165, 1.54) is 18.3 Å². The summed E-state index contributed by atoms with van der Waals surface area (Å²) in [5, 5.41) is 4.45. The molecule has 0 spiro atoms. The van der Waals surface area contributed by atoms with Gasteiger partial charge in [-0.15, -0.1) is 0 Å². The zero-order chi connectivity index (χ0) is 21.0. The van der Waals surface area contributed by atoms with E-state index in [0.29, 0.717) is 16.1 Å². The quantitative estimate of drug-likeness (QED) is 0.583. The fraction of sp³-hybridized carbons (Fsp3) is 0.0476. The summed E-state index contributed by atoms with van der Waals surface area (Å²) in [7, 11) is -3.57. The Morgan fingerprint density at radius 2 is 1.86 bits per heavy atom. The van der Waals surface area contributed by atoms with Gasteiger partial charge in [0.15, 0.2) is 9.84 Å². The largest absolute Gasteiger partial charge is 0.348 e. The fourth-order valence-electron chi connectivity index (χ4n) is 2.61. The molecule has 1 N–H and O–H groups in total. The lowest BCUT2D eigenvalue weighted by Crippen LogP contribution is -2.23. The Bertz CT molecular complexity index is 1190. The SMILES string of the molecule is C=CS(=O)(=O)c1ccc(CNC(=O)c2cncc(-c3cccc(Cl)c3)c2)c(Cl)c1. The van der Waals surface area contributed by atoms with Gasteiger partial charge in [-0.05, 0) is 41.5 Å². The van der Waals surface area contributed by atoms with Crippen LogP contribution in [-0.2, 0) is 16.4 Å². The van der Waals surface area contributed by atoms with Gasteiger partial charge < -0.3 is 5.32 Å². The molecule has 148 valence electrons. The third-order valence-corrected chi connectivity index (χ3v) is 6.11. The normalized spacial score (nSPS) is 11.1. The second kappa shape index (κ2) is 8.78. The molecule has 0 aliphatic carbocycles. The fourth-order valence-corrected chi connectivity index (χ4v) is 3.85. The summed E-state index contributed by atoms with van der Waals surface area (Å²) < 4.78 is 23.6. The van der Waals surface area contributed by atoms with Crippen molar-refractivity contribution in [2.75, 3.05) is 0 Å². The van der Waals surface area contributed by atoms with Crippen LogP contribution in [0, 0.1) is 0 Å². The van der Waals surface area contributed by atoms with Crippen molar-refractivity contribution in [3.05, 3.63) is 94.1 Å². The predicted molar refractivity (Wildman–Crippen MR) is 115 cm³/mol. The molecule has 0 aliphatic heterocycles. The van der Waals surface area contributed by atoms with E-state index < -0.39 is 9.84 Å². The Balaban J connectivity index is 1.75. The number of carbonyl (C=O) groups excluding carboxylic acids is 1. The van der Waals surface area contributed by atoms with E-state index in [4.69, 9.17) is 23.2 Å². The number of hydrogen-bond acceptors (Lipinski definition) is 4. The molecule has 1 heterocycles. The summed E-state index contributed by atoms with van der Waals surface area (Å²) in [5.74, 6) is -0.333. The summed E-state index contributed by atoms with van der Waals surface area (Å²) >= 11 is 12.2. The van der Waals surface area contributed by atoms with Crippen molar-refractivity contribution < 1.29 is 13.2 Å². The summed E-state index contributed by atoms with van der Waals surface area (Å²) in [4.78, 5) is 16.7. The zero-order valence-corrected chi connectivity index (χ0v) is 17.4. The predicted octanol–water partition coefficient (Wildman–Crippen LogP) is 4.90. The van der Waals surface area contributed by atoms with Gasteiger partial charge in [0, 0.05) is 40.0 Å². The second-order valence-electron chi connectivity index (χ2n) is 6.12. The molecule has 5 nitrogen and oxygen atoms in total. The lowest BCUT2D eigenvalue weighted by molar-refractivity contribution is 0.0950. The van der Waals surface area contributed by atoms with Gasteiger partial charge in [0.25, 0.3) is 5.91 Å². The van der Waals surface area contributed by atoms with Crippen LogP contribution in [0.1, 0.15) is 15.9 Å². The van der Waals surface area contributed by atoms with Crippen molar-refractivity contribution in [1.29, 1.82) is 0 Å². The van der Waals surface area contributed by atoms with Crippen LogP contribution in [0.2, 0.25) is 10.0 Å². The third kappa shape index (κ3) is 5.03. The number of halogens is 2. The molecule has 0 aliphatic rings. The molecule has 0 radical (unpaired) electrons. The average molecular weight is 447 g/mol. The molecule has 29 heavy (non-hydrogen) atoms. The number of benzene rings is 2. The molecule has 3 rings (SSSR count). The summed E-state index contributed by atoms with van der Waals surface area (Å²) in [5.41, 5.74) is 2.57. The van der Waals surface area contributed by atoms with Gasteiger partial charge in [-0.25, -0.2) is 8.42 Å². The Labute approximate surface area is 178 Å². The van der Waals surface area contributed by atoms with Crippen LogP contribution in [0.15, 0.2) is 77.8 Å². The van der Waals surface area contributed by atoms with E-state index in [0.717, 1.165) is 16.5 Å². The molecular formula is C21H16Cl2N2O3S. The average Bonchev–Trinajstić information content (AvgIpc) is 2.72. The van der Waals surface area contributed by atoms with Crippen LogP contribution in [0.5, 0.6) is 0 Å². The van der Waals surface area contributed by atoms with E-state index in [2.05, 4.69) is 16.9 Å². The molecule has 1 aromatic heterocycles. The van der Waals surface area contributed by atoms with E-state index in [-0.39, 0.29) is 22.4 Å². The molecule has 0 fully saturated rings. The molecule has 1 amide bonds. The molecule has 0 bridgehead atoms. The second-order valence-corrected chi connectivity index (χ2v) is 8.86. The monoisotopic (exact) mass is 446 g/mol. The summed E-state index contributed by atoms with van der Waals surface area (Å²) in [6.45, 7) is 3.42. The van der Waals surface area contributed by atoms with Crippen LogP contribution in [-0.4, -0.2) is 19.3 Å². The first-order valence-corrected chi connectivity index (χ1v) is 10.8. The maximum atomic E-state index is 12.5. The minimum atomic E-state index is -3.57. The smallest absolute Gasteiger partial charge is 0.253 e. The third-order valence-electron chi connectivity index (χ3n) is 4.17. The highest BCUT2D eigenvalue weighted by Gasteiger charge is 2.13. The van der Waals surface area contributed by atoms with Crippen molar-refractivity contribution in [3.8, 4) is 11.1 Å². The highest BCUT2D eigenvalue weighted by atomic mass is 35.5. The molecule has 8 heteroatoms. The van der Waals surface area contributed by atoms with Crippen LogP contribution >= 0.6 is 23.2 Å². The number of pyridine rings is 1. The molecule has 3 aromatic rings. The van der Waals surface area contributed by atoms with E-state index >= 15 is 0 Å². The molecular weight excluding hydrogens is 431 g/mol. The number of rotatable bonds is 6. The molecule has 0 atom stereocenters. The first-order chi connectivity index (χ1) is 13.8. The first kappa shape index (κ1) is 21.0. The Morgan fingerprint density at radius 3 is 2.55 bits per heavy atom. The zero-order valence-electron chi connectivity index (χ0n) is 15.1. The maximum Gasteiger partial charge on any atom is 0.253 e. The first-order valence-electron chi connectivity index (χ1n) is 8.45. The van der Waals surface area contributed by atoms with Gasteiger partial charge in [-0.3, -0.25) is 9.78 Å². The van der Waals surface area contributed by atoms with Crippen LogP contribution < -0.4 is 5.32 Å². The van der Waals surface area contributed by atoms with Gasteiger partial charge in [-0.1, -0.05) is 48.0 Å². The number of aromatic nitrogens is 1.